The molecule has 25 heteroatoms. The maximum absolute atomic E-state index is 14.3. The lowest BCUT2D eigenvalue weighted by molar-refractivity contribution is -0.432. The minimum atomic E-state index is -1.79. The zero-order valence-corrected chi connectivity index (χ0v) is 48.8. The molecule has 0 radical (unpaired) electrons. The van der Waals surface area contributed by atoms with Crippen molar-refractivity contribution < 1.29 is 104 Å². The van der Waals surface area contributed by atoms with Crippen molar-refractivity contribution in [2.75, 3.05) is 19.8 Å². The highest BCUT2D eigenvalue weighted by Gasteiger charge is 2.51. The quantitative estimate of drug-likeness (QED) is 0.0332. The summed E-state index contributed by atoms with van der Waals surface area (Å²) < 4.78 is 23.4. The number of Topliss-reactive ketones (excluding diaryl/α,β-unsaturated/α-hetero) is 4. The number of nitrogens with one attached hydrogen (secondary N) is 3. The van der Waals surface area contributed by atoms with E-state index in [1.807, 2.05) is 0 Å². The number of carbonyl (C=O) groups excluding carboxylic acids is 9. The minimum absolute atomic E-state index is 0.228. The lowest BCUT2D eigenvalue weighted by atomic mass is 9.84. The molecule has 3 aliphatic heterocycles. The van der Waals surface area contributed by atoms with Gasteiger partial charge in [-0.2, -0.15) is 0 Å². The molecule has 3 heterocycles. The van der Waals surface area contributed by atoms with Gasteiger partial charge in [0.15, 0.2) is 41.8 Å². The van der Waals surface area contributed by atoms with Gasteiger partial charge in [0.2, 0.25) is 23.6 Å². The van der Waals surface area contributed by atoms with Gasteiger partial charge >= 0.3 is 0 Å². The van der Waals surface area contributed by atoms with E-state index in [0.717, 1.165) is 0 Å². The Morgan fingerprint density at radius 2 is 1.11 bits per heavy atom. The van der Waals surface area contributed by atoms with Crippen LogP contribution in [0.25, 0.3) is 0 Å². The summed E-state index contributed by atoms with van der Waals surface area (Å²) in [6.07, 6.45) is -14.7. The fourth-order valence-corrected chi connectivity index (χ4v) is 10.2. The number of carboxylic acids is 1. The highest BCUT2D eigenvalue weighted by atomic mass is 16.7. The van der Waals surface area contributed by atoms with E-state index in [1.165, 1.54) is 25.7 Å². The first-order valence-corrected chi connectivity index (χ1v) is 28.1. The lowest BCUT2D eigenvalue weighted by Gasteiger charge is -2.47. The highest BCUT2D eigenvalue weighted by Crippen LogP contribution is 2.34. The van der Waals surface area contributed by atoms with Gasteiger partial charge in [0.25, 0.3) is 0 Å². The Balaban J connectivity index is 1.62. The molecule has 80 heavy (non-hydrogen) atoms. The van der Waals surface area contributed by atoms with Crippen LogP contribution in [0.2, 0.25) is 0 Å². The molecule has 3 aliphatic rings. The molecular formula is C55H93N5O20. The van der Waals surface area contributed by atoms with Crippen LogP contribution in [-0.4, -0.2) is 200 Å². The van der Waals surface area contributed by atoms with Gasteiger partial charge in [0.05, 0.1) is 49.5 Å². The summed E-state index contributed by atoms with van der Waals surface area (Å²) in [5, 5.41) is 80.9. The molecular weight excluding hydrogens is 1050 g/mol. The predicted octanol–water partition coefficient (Wildman–Crippen LogP) is -2.92. The first-order valence-electron chi connectivity index (χ1n) is 28.1. The van der Waals surface area contributed by atoms with Crippen LogP contribution in [-0.2, 0) is 62.1 Å². The molecule has 3 saturated heterocycles. The number of quaternary nitrogens is 1. The molecule has 0 bridgehead atoms. The molecule has 3 rings (SSSR count). The van der Waals surface area contributed by atoms with Gasteiger partial charge in [-0.15, -0.1) is 0 Å². The van der Waals surface area contributed by atoms with Crippen LogP contribution >= 0.6 is 0 Å². The summed E-state index contributed by atoms with van der Waals surface area (Å²) in [7, 11) is 0. The van der Waals surface area contributed by atoms with Crippen LogP contribution in [0.15, 0.2) is 0 Å². The van der Waals surface area contributed by atoms with Gasteiger partial charge in [-0.05, 0) is 57.3 Å². The van der Waals surface area contributed by atoms with Crippen molar-refractivity contribution in [2.24, 2.45) is 53.3 Å². The Kier molecular flexibility index (Phi) is 27.3. The van der Waals surface area contributed by atoms with E-state index in [-0.39, 0.29) is 55.8 Å². The van der Waals surface area contributed by atoms with Gasteiger partial charge in [-0.25, -0.2) is 0 Å². The number of aliphatic carboxylic acids is 1. The number of ether oxygens (including phenoxy) is 4. The number of nitrogens with zero attached hydrogens (tertiary/aromatic N) is 1. The second-order valence-electron chi connectivity index (χ2n) is 23.7. The average Bonchev–Trinajstić information content (AvgIpc) is 3.89. The Labute approximate surface area is 469 Å². The van der Waals surface area contributed by atoms with Crippen LogP contribution in [0.4, 0.5) is 0 Å². The van der Waals surface area contributed by atoms with E-state index in [4.69, 9.17) is 18.9 Å². The number of hydrogen-bond donors (Lipinski definition) is 10. The second-order valence-corrected chi connectivity index (χ2v) is 23.7. The molecule has 0 spiro atoms. The van der Waals surface area contributed by atoms with Gasteiger partial charge in [-0.1, -0.05) is 69.2 Å². The van der Waals surface area contributed by atoms with Crippen molar-refractivity contribution in [3.8, 4) is 0 Å². The molecule has 0 saturated carbocycles. The monoisotopic (exact) mass is 1140 g/mol. The van der Waals surface area contributed by atoms with Crippen molar-refractivity contribution >= 4 is 52.7 Å². The first-order chi connectivity index (χ1) is 37.2. The van der Waals surface area contributed by atoms with Gasteiger partial charge < -0.3 is 86.1 Å². The summed E-state index contributed by atoms with van der Waals surface area (Å²) in [6.45, 7) is 20.0. The maximum Gasteiger partial charge on any atom is 0.227 e. The molecule has 458 valence electrons. The number of aliphatic hydroxyl groups is 6. The van der Waals surface area contributed by atoms with Crippen LogP contribution < -0.4 is 26.8 Å². The molecule has 12 N–H and O–H groups in total. The highest BCUT2D eigenvalue weighted by molar-refractivity contribution is 5.98. The third kappa shape index (κ3) is 18.3. The molecule has 9 unspecified atom stereocenters. The fourth-order valence-electron chi connectivity index (χ4n) is 10.2. The van der Waals surface area contributed by atoms with Crippen molar-refractivity contribution in [2.45, 2.75) is 220 Å². The largest absolute Gasteiger partial charge is 0.548 e. The van der Waals surface area contributed by atoms with Crippen LogP contribution in [0.5, 0.6) is 0 Å². The summed E-state index contributed by atoms with van der Waals surface area (Å²) in [5.41, 5.74) is 4.03. The van der Waals surface area contributed by atoms with Gasteiger partial charge in [0.1, 0.15) is 42.7 Å². The second kappa shape index (κ2) is 31.3. The maximum atomic E-state index is 14.3. The van der Waals surface area contributed by atoms with E-state index in [1.54, 1.807) is 69.2 Å². The number of carbonyl (C=O) groups is 9. The molecule has 20 atom stereocenters. The molecule has 0 aromatic rings. The molecule has 0 aromatic carbocycles. The van der Waals surface area contributed by atoms with Crippen molar-refractivity contribution in [3.05, 3.63) is 0 Å². The Bertz CT molecular complexity index is 2130. The third-order valence-corrected chi connectivity index (χ3v) is 16.0. The van der Waals surface area contributed by atoms with E-state index >= 15 is 0 Å². The first kappa shape index (κ1) is 69.9. The Hall–Kier alpha value is -4.41. The average molecular weight is 1140 g/mol. The summed E-state index contributed by atoms with van der Waals surface area (Å²) >= 11 is 0. The van der Waals surface area contributed by atoms with Gasteiger partial charge in [0, 0.05) is 61.8 Å². The SMILES string of the molecule is CC(CC(=O)[C@@H]1CCCN1C(=O)C(CC(=O)[C@@H]([NH3+])C(C)O[C@H]1OC(CO)[C@H](O)[C@H](O[C@@H]2OC(CO)[C@H](O)[C@H](O)C2O)C1C)C(C)C)C(=O)N[C@@H](C)C(=O)CC(C(=O)N[C@H](C(=O)CC(C(=O)N[C@@H](C)C(=O)[O-])C(C)C)C(C)C)C(C)C. The van der Waals surface area contributed by atoms with Crippen LogP contribution in [0.1, 0.15) is 129 Å². The molecule has 3 fully saturated rings. The number of amides is 4. The van der Waals surface area contributed by atoms with E-state index in [0.29, 0.717) is 12.8 Å². The van der Waals surface area contributed by atoms with Crippen molar-refractivity contribution in [3.63, 3.8) is 0 Å². The summed E-state index contributed by atoms with van der Waals surface area (Å²) in [5.74, 6) is -11.5. The van der Waals surface area contributed by atoms with E-state index in [2.05, 4.69) is 21.7 Å². The van der Waals surface area contributed by atoms with E-state index < -0.39 is 187 Å². The van der Waals surface area contributed by atoms with Crippen molar-refractivity contribution in [1.82, 2.24) is 20.9 Å². The summed E-state index contributed by atoms with van der Waals surface area (Å²) in [4.78, 5) is 122. The third-order valence-electron chi connectivity index (χ3n) is 16.0. The normalized spacial score (nSPS) is 28.8. The predicted molar refractivity (Wildman–Crippen MR) is 281 cm³/mol. The number of aliphatic hydroxyl groups excluding tert-OH is 6. The summed E-state index contributed by atoms with van der Waals surface area (Å²) in [6, 6.07) is -5.37. The number of likely N-dealkylation sites (tertiary alicyclic amines) is 1. The van der Waals surface area contributed by atoms with Crippen LogP contribution in [0, 0.1) is 53.3 Å². The molecule has 0 aromatic heterocycles. The zero-order valence-electron chi connectivity index (χ0n) is 48.8. The molecule has 0 aliphatic carbocycles. The number of carboxylic acid groups (broad SMARTS) is 1. The Morgan fingerprint density at radius 3 is 1.64 bits per heavy atom. The molecule has 4 amide bonds. The zero-order chi connectivity index (χ0) is 60.9. The Morgan fingerprint density at radius 1 is 0.613 bits per heavy atom. The topological polar surface area (TPSA) is 402 Å². The minimum Gasteiger partial charge on any atom is -0.548 e. The van der Waals surface area contributed by atoms with Gasteiger partial charge in [-0.3, -0.25) is 38.4 Å². The van der Waals surface area contributed by atoms with Crippen molar-refractivity contribution in [1.29, 1.82) is 0 Å². The molecule has 25 nitrogen and oxygen atoms in total. The van der Waals surface area contributed by atoms with Crippen LogP contribution in [0.3, 0.4) is 0 Å². The van der Waals surface area contributed by atoms with E-state index in [9.17, 15) is 78.9 Å². The lowest BCUT2D eigenvalue weighted by Crippen LogP contribution is -2.71. The number of hydrogen-bond acceptors (Lipinski definition) is 20. The number of ketones is 4. The smallest absolute Gasteiger partial charge is 0.227 e. The number of rotatable bonds is 31. The fraction of sp³-hybridized carbons (Fsp3) is 0.836. The standard InChI is InChI=1S/C55H93N5O20/c1-23(2)32(51(73)59-43(26(7)8)39(66)19-33(24(3)4)50(72)58-30(12)53(75)76)18-36(63)29(11)57-49(71)27(9)17-37(64)35-15-14-16-60(35)52(74)34(25(5)6)20-38(65)42(56)31(13)77-54-28(10)48(45(68)41(22-62)78-54)80-55-47(70)46(69)44(67)40(21-61)79-55/h23-35,40-48,54-55,61-62,67-70H,14-22,56H2,1-13H3,(H,57,71)(H,58,72)(H,59,73)(H,75,76)/t27?,28?,29-,30-,31?,32?,33?,34?,35-,40?,41?,42-,43-,44-,45-,46-,47?,48+,54-,55-/m0/s1.